The van der Waals surface area contributed by atoms with Crippen molar-refractivity contribution in [2.45, 2.75) is 6.18 Å². The van der Waals surface area contributed by atoms with Crippen molar-refractivity contribution in [3.8, 4) is 11.3 Å². The fraction of sp³-hybridized carbons (Fsp3) is 0.182. The minimum Gasteiger partial charge on any atom is -0.260 e. The van der Waals surface area contributed by atoms with Crippen LogP contribution in [0.25, 0.3) is 11.3 Å². The number of hydrogen-bond donors (Lipinski definition) is 0. The van der Waals surface area contributed by atoms with Gasteiger partial charge in [-0.15, -0.1) is 0 Å². The van der Waals surface area contributed by atoms with E-state index in [0.29, 0.717) is 5.56 Å². The Morgan fingerprint density at radius 3 is 2.29 bits per heavy atom. The second-order valence-electron chi connectivity index (χ2n) is 3.50. The molecular formula is C11H8BrF3N2. The van der Waals surface area contributed by atoms with Crippen molar-refractivity contribution < 1.29 is 13.2 Å². The Balaban J connectivity index is 2.67. The molecule has 1 aromatic carbocycles. The minimum absolute atomic E-state index is 0.0625. The zero-order valence-corrected chi connectivity index (χ0v) is 10.4. The van der Waals surface area contributed by atoms with Crippen LogP contribution in [-0.4, -0.2) is 9.78 Å². The van der Waals surface area contributed by atoms with Gasteiger partial charge in [0.2, 0.25) is 0 Å². The van der Waals surface area contributed by atoms with Crippen molar-refractivity contribution in [1.82, 2.24) is 9.78 Å². The smallest absolute Gasteiger partial charge is 0.260 e. The fourth-order valence-electron chi connectivity index (χ4n) is 1.55. The number of nitrogens with zero attached hydrogens (tertiary/aromatic N) is 2. The van der Waals surface area contributed by atoms with Crippen LogP contribution in [0.15, 0.2) is 34.9 Å². The maximum atomic E-state index is 12.9. The highest BCUT2D eigenvalue weighted by Crippen LogP contribution is 2.40. The first kappa shape index (κ1) is 12.2. The van der Waals surface area contributed by atoms with Crippen molar-refractivity contribution >= 4 is 15.9 Å². The molecule has 2 rings (SSSR count). The number of aromatic nitrogens is 2. The topological polar surface area (TPSA) is 17.8 Å². The molecule has 0 radical (unpaired) electrons. The molecule has 0 atom stereocenters. The third kappa shape index (κ3) is 2.22. The van der Waals surface area contributed by atoms with E-state index in [1.165, 1.54) is 11.7 Å². The van der Waals surface area contributed by atoms with E-state index in [2.05, 4.69) is 21.0 Å². The molecule has 0 saturated heterocycles. The minimum atomic E-state index is -4.43. The molecule has 0 unspecified atom stereocenters. The number of halogens is 4. The lowest BCUT2D eigenvalue weighted by Crippen LogP contribution is -2.06. The van der Waals surface area contributed by atoms with E-state index in [1.54, 1.807) is 30.3 Å². The van der Waals surface area contributed by atoms with Gasteiger partial charge in [-0.05, 0) is 15.9 Å². The van der Waals surface area contributed by atoms with Gasteiger partial charge in [0.05, 0.1) is 0 Å². The zero-order chi connectivity index (χ0) is 12.6. The summed E-state index contributed by atoms with van der Waals surface area (Å²) in [7, 11) is 1.46. The van der Waals surface area contributed by atoms with Crippen LogP contribution in [0, 0.1) is 0 Å². The maximum Gasteiger partial charge on any atom is 0.421 e. The normalized spacial score (nSPS) is 11.8. The summed E-state index contributed by atoms with van der Waals surface area (Å²) in [5.74, 6) is 0. The average Bonchev–Trinajstić information content (AvgIpc) is 2.56. The molecule has 17 heavy (non-hydrogen) atoms. The largest absolute Gasteiger partial charge is 0.421 e. The van der Waals surface area contributed by atoms with E-state index >= 15 is 0 Å². The van der Waals surface area contributed by atoms with E-state index < -0.39 is 11.7 Å². The molecule has 0 bridgehead atoms. The zero-order valence-electron chi connectivity index (χ0n) is 8.79. The summed E-state index contributed by atoms with van der Waals surface area (Å²) in [5.41, 5.74) is -0.361. The van der Waals surface area contributed by atoms with E-state index in [4.69, 9.17) is 0 Å². The summed E-state index contributed by atoms with van der Waals surface area (Å²) in [5, 5.41) is 3.90. The van der Waals surface area contributed by atoms with Gasteiger partial charge in [0.15, 0.2) is 0 Å². The first-order valence-corrected chi connectivity index (χ1v) is 5.55. The molecule has 0 aliphatic rings. The second kappa shape index (κ2) is 4.18. The summed E-state index contributed by atoms with van der Waals surface area (Å²) < 4.78 is 39.9. The first-order valence-electron chi connectivity index (χ1n) is 4.76. The van der Waals surface area contributed by atoms with Gasteiger partial charge < -0.3 is 0 Å². The Labute approximate surface area is 104 Å². The van der Waals surface area contributed by atoms with Gasteiger partial charge >= 0.3 is 6.18 Å². The lowest BCUT2D eigenvalue weighted by molar-refractivity contribution is -0.137. The van der Waals surface area contributed by atoms with Crippen molar-refractivity contribution in [3.05, 3.63) is 40.5 Å². The predicted octanol–water partition coefficient (Wildman–Crippen LogP) is 3.87. The molecule has 0 aliphatic heterocycles. The molecule has 1 aromatic heterocycles. The average molecular weight is 305 g/mol. The highest BCUT2D eigenvalue weighted by Gasteiger charge is 2.39. The predicted molar refractivity (Wildman–Crippen MR) is 61.3 cm³/mol. The highest BCUT2D eigenvalue weighted by atomic mass is 79.9. The van der Waals surface area contributed by atoms with Gasteiger partial charge in [-0.2, -0.15) is 18.3 Å². The number of alkyl halides is 3. The van der Waals surface area contributed by atoms with Crippen molar-refractivity contribution in [2.24, 2.45) is 7.05 Å². The molecule has 0 fully saturated rings. The Hall–Kier alpha value is -1.30. The SMILES string of the molecule is Cn1nc(-c2ccccc2)c(C(F)(F)F)c1Br. The fourth-order valence-corrected chi connectivity index (χ4v) is 2.04. The van der Waals surface area contributed by atoms with Crippen molar-refractivity contribution in [3.63, 3.8) is 0 Å². The number of aryl methyl sites for hydroxylation is 1. The van der Waals surface area contributed by atoms with Crippen LogP contribution in [0.4, 0.5) is 13.2 Å². The van der Waals surface area contributed by atoms with Gasteiger partial charge in [0.25, 0.3) is 0 Å². The molecular weight excluding hydrogens is 297 g/mol. The van der Waals surface area contributed by atoms with Gasteiger partial charge in [0.1, 0.15) is 15.9 Å². The quantitative estimate of drug-likeness (QED) is 0.782. The molecule has 0 aliphatic carbocycles. The molecule has 0 spiro atoms. The Morgan fingerprint density at radius 1 is 1.18 bits per heavy atom. The van der Waals surface area contributed by atoms with E-state index in [-0.39, 0.29) is 10.3 Å². The number of rotatable bonds is 1. The summed E-state index contributed by atoms with van der Waals surface area (Å²) in [6.45, 7) is 0. The second-order valence-corrected chi connectivity index (χ2v) is 4.25. The maximum absolute atomic E-state index is 12.9. The lowest BCUT2D eigenvalue weighted by Gasteiger charge is -2.07. The van der Waals surface area contributed by atoms with Crippen LogP contribution in [-0.2, 0) is 13.2 Å². The molecule has 2 aromatic rings. The summed E-state index contributed by atoms with van der Waals surface area (Å²) >= 11 is 2.91. The molecule has 0 saturated carbocycles. The third-order valence-electron chi connectivity index (χ3n) is 2.31. The van der Waals surface area contributed by atoms with E-state index in [0.717, 1.165) is 0 Å². The first-order chi connectivity index (χ1) is 7.91. The Kier molecular flexibility index (Phi) is 2.99. The van der Waals surface area contributed by atoms with Crippen molar-refractivity contribution in [1.29, 1.82) is 0 Å². The van der Waals surface area contributed by atoms with E-state index in [1.807, 2.05) is 0 Å². The highest BCUT2D eigenvalue weighted by molar-refractivity contribution is 9.10. The van der Waals surface area contributed by atoms with Crippen LogP contribution in [0.3, 0.4) is 0 Å². The number of benzene rings is 1. The van der Waals surface area contributed by atoms with Gasteiger partial charge in [-0.25, -0.2) is 0 Å². The standard InChI is InChI=1S/C11H8BrF3N2/c1-17-10(12)8(11(13,14)15)9(16-17)7-5-3-2-4-6-7/h2-6H,1H3. The molecule has 2 nitrogen and oxygen atoms in total. The Bertz CT molecular complexity index is 532. The summed E-state index contributed by atoms with van der Waals surface area (Å²) in [6, 6.07) is 8.30. The molecule has 0 N–H and O–H groups in total. The Morgan fingerprint density at radius 2 is 1.76 bits per heavy atom. The van der Waals surface area contributed by atoms with Crippen LogP contribution in [0.1, 0.15) is 5.56 Å². The lowest BCUT2D eigenvalue weighted by atomic mass is 10.1. The summed E-state index contributed by atoms with van der Waals surface area (Å²) in [6.07, 6.45) is -4.43. The van der Waals surface area contributed by atoms with Crippen LogP contribution < -0.4 is 0 Å². The molecule has 6 heteroatoms. The van der Waals surface area contributed by atoms with Gasteiger partial charge in [-0.1, -0.05) is 30.3 Å². The van der Waals surface area contributed by atoms with Gasteiger partial charge in [-0.3, -0.25) is 4.68 Å². The molecule has 0 amide bonds. The molecule has 1 heterocycles. The van der Waals surface area contributed by atoms with Crippen LogP contribution in [0.2, 0.25) is 0 Å². The number of hydrogen-bond acceptors (Lipinski definition) is 1. The van der Waals surface area contributed by atoms with Crippen molar-refractivity contribution in [2.75, 3.05) is 0 Å². The van der Waals surface area contributed by atoms with Crippen LogP contribution >= 0.6 is 15.9 Å². The van der Waals surface area contributed by atoms with Crippen LogP contribution in [0.5, 0.6) is 0 Å². The third-order valence-corrected chi connectivity index (χ3v) is 3.22. The monoisotopic (exact) mass is 304 g/mol. The molecule has 90 valence electrons. The summed E-state index contributed by atoms with van der Waals surface area (Å²) in [4.78, 5) is 0. The van der Waals surface area contributed by atoms with E-state index in [9.17, 15) is 13.2 Å². The van der Waals surface area contributed by atoms with Gasteiger partial charge in [0, 0.05) is 12.6 Å².